The lowest BCUT2D eigenvalue weighted by Gasteiger charge is -2.42. The monoisotopic (exact) mass is 401 g/mol. The van der Waals surface area contributed by atoms with Gasteiger partial charge in [-0.05, 0) is 49.6 Å². The van der Waals surface area contributed by atoms with E-state index in [2.05, 4.69) is 4.98 Å². The normalized spacial score (nSPS) is 19.3. The SMILES string of the molecule is Cc1cncc(C(=O)N2CCC[C@](COc3cccc(Cl)c3)(CC(N)=O)C2)c1. The molecule has 0 saturated carbocycles. The molecule has 2 heterocycles. The smallest absolute Gasteiger partial charge is 0.255 e. The van der Waals surface area contributed by atoms with Crippen LogP contribution in [0.2, 0.25) is 5.02 Å². The Hall–Kier alpha value is -2.60. The number of benzene rings is 1. The number of aromatic nitrogens is 1. The first-order chi connectivity index (χ1) is 13.4. The zero-order chi connectivity index (χ0) is 20.1. The van der Waals surface area contributed by atoms with Crippen LogP contribution in [0.15, 0.2) is 42.7 Å². The number of carbonyl (C=O) groups excluding carboxylic acids is 2. The quantitative estimate of drug-likeness (QED) is 0.805. The van der Waals surface area contributed by atoms with Crippen LogP contribution in [0.4, 0.5) is 0 Å². The van der Waals surface area contributed by atoms with E-state index in [0.717, 1.165) is 18.4 Å². The summed E-state index contributed by atoms with van der Waals surface area (Å²) in [4.78, 5) is 30.6. The molecule has 1 aliphatic rings. The number of nitrogens with two attached hydrogens (primary N) is 1. The molecule has 1 aliphatic heterocycles. The van der Waals surface area contributed by atoms with Crippen LogP contribution in [0.3, 0.4) is 0 Å². The number of amides is 2. The van der Waals surface area contributed by atoms with Gasteiger partial charge in [-0.2, -0.15) is 0 Å². The van der Waals surface area contributed by atoms with Gasteiger partial charge in [-0.15, -0.1) is 0 Å². The number of aryl methyl sites for hydroxylation is 1. The van der Waals surface area contributed by atoms with Crippen molar-refractivity contribution in [2.75, 3.05) is 19.7 Å². The molecule has 3 rings (SSSR count). The van der Waals surface area contributed by atoms with Crippen molar-refractivity contribution < 1.29 is 14.3 Å². The Labute approximate surface area is 169 Å². The Bertz CT molecular complexity index is 873. The van der Waals surface area contributed by atoms with Gasteiger partial charge in [0.05, 0.1) is 12.2 Å². The Morgan fingerprint density at radius 3 is 2.86 bits per heavy atom. The molecule has 1 aromatic heterocycles. The molecule has 0 aliphatic carbocycles. The number of piperidine rings is 1. The summed E-state index contributed by atoms with van der Waals surface area (Å²) in [6, 6.07) is 8.93. The highest BCUT2D eigenvalue weighted by Gasteiger charge is 2.39. The summed E-state index contributed by atoms with van der Waals surface area (Å²) in [5, 5.41) is 0.578. The maximum Gasteiger partial charge on any atom is 0.255 e. The van der Waals surface area contributed by atoms with Gasteiger partial charge < -0.3 is 15.4 Å². The predicted molar refractivity (Wildman–Crippen MR) is 107 cm³/mol. The maximum atomic E-state index is 13.0. The van der Waals surface area contributed by atoms with Crippen molar-refractivity contribution in [2.45, 2.75) is 26.2 Å². The lowest BCUT2D eigenvalue weighted by Crippen LogP contribution is -2.50. The Morgan fingerprint density at radius 2 is 2.14 bits per heavy atom. The summed E-state index contributed by atoms with van der Waals surface area (Å²) < 4.78 is 5.94. The second-order valence-electron chi connectivity index (χ2n) is 7.47. The lowest BCUT2D eigenvalue weighted by atomic mass is 9.77. The van der Waals surface area contributed by atoms with Gasteiger partial charge in [0.2, 0.25) is 5.91 Å². The molecular weight excluding hydrogens is 378 g/mol. The number of hydrogen-bond acceptors (Lipinski definition) is 4. The van der Waals surface area contributed by atoms with E-state index in [-0.39, 0.29) is 18.9 Å². The molecule has 1 fully saturated rings. The van der Waals surface area contributed by atoms with Crippen LogP contribution in [0.25, 0.3) is 0 Å². The van der Waals surface area contributed by atoms with Gasteiger partial charge in [0, 0.05) is 42.3 Å². The summed E-state index contributed by atoms with van der Waals surface area (Å²) in [7, 11) is 0. The van der Waals surface area contributed by atoms with Crippen molar-refractivity contribution in [1.29, 1.82) is 0 Å². The molecule has 1 aromatic carbocycles. The van der Waals surface area contributed by atoms with Crippen LogP contribution in [-0.4, -0.2) is 41.4 Å². The standard InChI is InChI=1S/C21H24ClN3O3/c1-15-8-16(12-24-11-15)20(27)25-7-3-6-21(13-25,10-19(23)26)14-28-18-5-2-4-17(22)9-18/h2,4-5,8-9,11-12H,3,6-7,10,13-14H2,1H3,(H2,23,26)/t21-/m0/s1. The number of halogens is 1. The molecule has 2 N–H and O–H groups in total. The average Bonchev–Trinajstić information content (AvgIpc) is 2.66. The third-order valence-electron chi connectivity index (χ3n) is 4.96. The molecular formula is C21H24ClN3O3. The summed E-state index contributed by atoms with van der Waals surface area (Å²) in [6.07, 6.45) is 4.97. The van der Waals surface area contributed by atoms with Crippen LogP contribution in [-0.2, 0) is 4.79 Å². The summed E-state index contributed by atoms with van der Waals surface area (Å²) >= 11 is 6.02. The maximum absolute atomic E-state index is 13.0. The van der Waals surface area contributed by atoms with E-state index in [0.29, 0.717) is 29.4 Å². The van der Waals surface area contributed by atoms with Crippen molar-refractivity contribution in [3.8, 4) is 5.75 Å². The van der Waals surface area contributed by atoms with Crippen LogP contribution in [0, 0.1) is 12.3 Å². The van der Waals surface area contributed by atoms with E-state index in [9.17, 15) is 9.59 Å². The van der Waals surface area contributed by atoms with E-state index in [1.807, 2.05) is 19.1 Å². The Kier molecular flexibility index (Phi) is 6.19. The number of ether oxygens (including phenoxy) is 1. The van der Waals surface area contributed by atoms with E-state index in [1.54, 1.807) is 35.5 Å². The minimum absolute atomic E-state index is 0.0903. The third kappa shape index (κ3) is 5.01. The first-order valence-electron chi connectivity index (χ1n) is 9.24. The molecule has 6 nitrogen and oxygen atoms in total. The fourth-order valence-electron chi connectivity index (χ4n) is 3.71. The second-order valence-corrected chi connectivity index (χ2v) is 7.91. The fraction of sp³-hybridized carbons (Fsp3) is 0.381. The molecule has 1 saturated heterocycles. The molecule has 7 heteroatoms. The summed E-state index contributed by atoms with van der Waals surface area (Å²) in [6.45, 7) is 3.22. The van der Waals surface area contributed by atoms with E-state index >= 15 is 0 Å². The number of rotatable bonds is 6. The minimum Gasteiger partial charge on any atom is -0.493 e. The van der Waals surface area contributed by atoms with Crippen molar-refractivity contribution in [1.82, 2.24) is 9.88 Å². The molecule has 0 unspecified atom stereocenters. The lowest BCUT2D eigenvalue weighted by molar-refractivity contribution is -0.122. The number of likely N-dealkylation sites (tertiary alicyclic amines) is 1. The molecule has 0 spiro atoms. The highest BCUT2D eigenvalue weighted by molar-refractivity contribution is 6.30. The number of nitrogens with zero attached hydrogens (tertiary/aromatic N) is 2. The van der Waals surface area contributed by atoms with Gasteiger partial charge in [-0.25, -0.2) is 0 Å². The van der Waals surface area contributed by atoms with Gasteiger partial charge in [0.25, 0.3) is 5.91 Å². The Morgan fingerprint density at radius 1 is 1.32 bits per heavy atom. The predicted octanol–water partition coefficient (Wildman–Crippen LogP) is 3.22. The Balaban J connectivity index is 1.77. The summed E-state index contributed by atoms with van der Waals surface area (Å²) in [5.74, 6) is 0.136. The van der Waals surface area contributed by atoms with Crippen molar-refractivity contribution in [3.05, 3.63) is 58.9 Å². The molecule has 2 amide bonds. The number of hydrogen-bond donors (Lipinski definition) is 1. The first-order valence-corrected chi connectivity index (χ1v) is 9.62. The number of primary amides is 1. The fourth-order valence-corrected chi connectivity index (χ4v) is 3.89. The van der Waals surface area contributed by atoms with E-state index < -0.39 is 11.3 Å². The van der Waals surface area contributed by atoms with Gasteiger partial charge in [-0.3, -0.25) is 14.6 Å². The average molecular weight is 402 g/mol. The zero-order valence-electron chi connectivity index (χ0n) is 15.9. The summed E-state index contributed by atoms with van der Waals surface area (Å²) in [5.41, 5.74) is 6.47. The van der Waals surface area contributed by atoms with Crippen LogP contribution >= 0.6 is 11.6 Å². The highest BCUT2D eigenvalue weighted by Crippen LogP contribution is 2.35. The molecule has 0 bridgehead atoms. The molecule has 148 valence electrons. The topological polar surface area (TPSA) is 85.5 Å². The minimum atomic E-state index is -0.528. The molecule has 1 atom stereocenters. The van der Waals surface area contributed by atoms with Crippen LogP contribution < -0.4 is 10.5 Å². The molecule has 28 heavy (non-hydrogen) atoms. The largest absolute Gasteiger partial charge is 0.493 e. The van der Waals surface area contributed by atoms with E-state index in [4.69, 9.17) is 22.1 Å². The first kappa shape index (κ1) is 20.1. The van der Waals surface area contributed by atoms with Crippen molar-refractivity contribution in [3.63, 3.8) is 0 Å². The van der Waals surface area contributed by atoms with Gasteiger partial charge in [-0.1, -0.05) is 17.7 Å². The highest BCUT2D eigenvalue weighted by atomic mass is 35.5. The van der Waals surface area contributed by atoms with Gasteiger partial charge in [0.1, 0.15) is 5.75 Å². The van der Waals surface area contributed by atoms with Gasteiger partial charge in [0.15, 0.2) is 0 Å². The van der Waals surface area contributed by atoms with Crippen LogP contribution in [0.1, 0.15) is 35.2 Å². The second kappa shape index (κ2) is 8.61. The zero-order valence-corrected chi connectivity index (χ0v) is 16.6. The van der Waals surface area contributed by atoms with Crippen LogP contribution in [0.5, 0.6) is 5.75 Å². The van der Waals surface area contributed by atoms with Gasteiger partial charge >= 0.3 is 0 Å². The van der Waals surface area contributed by atoms with E-state index in [1.165, 1.54) is 0 Å². The third-order valence-corrected chi connectivity index (χ3v) is 5.20. The van der Waals surface area contributed by atoms with Crippen molar-refractivity contribution in [2.24, 2.45) is 11.1 Å². The number of pyridine rings is 1. The van der Waals surface area contributed by atoms with Crippen molar-refractivity contribution >= 4 is 23.4 Å². The molecule has 2 aromatic rings. The number of carbonyl (C=O) groups is 2. The molecule has 0 radical (unpaired) electrons.